The number of benzene rings is 1. The van der Waals surface area contributed by atoms with Gasteiger partial charge in [0.05, 0.1) is 30.8 Å². The van der Waals surface area contributed by atoms with E-state index in [0.29, 0.717) is 27.6 Å². The minimum atomic E-state index is -0.767. The van der Waals surface area contributed by atoms with Crippen molar-refractivity contribution >= 4 is 17.6 Å². The lowest BCUT2D eigenvalue weighted by atomic mass is 9.83. The van der Waals surface area contributed by atoms with Gasteiger partial charge in [-0.05, 0) is 36.8 Å². The van der Waals surface area contributed by atoms with Gasteiger partial charge in [0, 0.05) is 23.0 Å². The van der Waals surface area contributed by atoms with E-state index >= 15 is 0 Å². The topological polar surface area (TPSA) is 96.4 Å². The Hall–Kier alpha value is -3.58. The van der Waals surface area contributed by atoms with E-state index in [1.807, 2.05) is 18.2 Å². The second-order valence-corrected chi connectivity index (χ2v) is 7.57. The van der Waals surface area contributed by atoms with Gasteiger partial charge in [0.15, 0.2) is 0 Å². The van der Waals surface area contributed by atoms with Gasteiger partial charge in [-0.15, -0.1) is 0 Å². The number of carbonyl (C=O) groups excluding carboxylic acids is 1. The summed E-state index contributed by atoms with van der Waals surface area (Å²) < 4.78 is 12.3. The van der Waals surface area contributed by atoms with Gasteiger partial charge in [-0.2, -0.15) is 0 Å². The van der Waals surface area contributed by atoms with Crippen molar-refractivity contribution in [2.24, 2.45) is 5.73 Å². The number of esters is 1. The largest absolute Gasteiger partial charge is 0.465 e. The summed E-state index contributed by atoms with van der Waals surface area (Å²) in [5.41, 5.74) is 8.26. The Labute approximate surface area is 183 Å². The van der Waals surface area contributed by atoms with Crippen molar-refractivity contribution in [1.82, 2.24) is 9.55 Å². The van der Waals surface area contributed by atoms with Gasteiger partial charge in [0.25, 0.3) is 5.56 Å². The lowest BCUT2D eigenvalue weighted by Crippen LogP contribution is -2.35. The fourth-order valence-electron chi connectivity index (χ4n) is 3.73. The number of pyridine rings is 2. The molecule has 4 rings (SSSR count). The van der Waals surface area contributed by atoms with Crippen LogP contribution < -0.4 is 16.0 Å². The molecule has 3 heterocycles. The van der Waals surface area contributed by atoms with Crippen molar-refractivity contribution < 1.29 is 14.3 Å². The molecule has 158 valence electrons. The summed E-state index contributed by atoms with van der Waals surface area (Å²) in [4.78, 5) is 30.6. The predicted octanol–water partition coefficient (Wildman–Crippen LogP) is 3.12. The van der Waals surface area contributed by atoms with E-state index in [4.69, 9.17) is 26.8 Å². The number of hydrogen-bond donors (Lipinski definition) is 1. The molecule has 0 fully saturated rings. The highest BCUT2D eigenvalue weighted by Crippen LogP contribution is 2.41. The number of halogens is 1. The first-order valence-corrected chi connectivity index (χ1v) is 9.94. The zero-order chi connectivity index (χ0) is 22.1. The second-order valence-electron chi connectivity index (χ2n) is 7.13. The van der Waals surface area contributed by atoms with Gasteiger partial charge < -0.3 is 19.8 Å². The zero-order valence-corrected chi connectivity index (χ0v) is 17.7. The molecule has 1 aliphatic heterocycles. The third-order valence-corrected chi connectivity index (χ3v) is 5.48. The summed E-state index contributed by atoms with van der Waals surface area (Å²) >= 11 is 6.05. The maximum Gasteiger partial charge on any atom is 0.340 e. The molecule has 0 radical (unpaired) electrons. The number of aromatic nitrogens is 2. The highest BCUT2D eigenvalue weighted by Gasteiger charge is 2.38. The molecule has 0 spiro atoms. The van der Waals surface area contributed by atoms with Crippen LogP contribution in [0.25, 0.3) is 0 Å². The Bertz CT molecular complexity index is 1230. The second kappa shape index (κ2) is 8.28. The average molecular weight is 438 g/mol. The molecule has 0 amide bonds. The van der Waals surface area contributed by atoms with Crippen LogP contribution in [0.5, 0.6) is 5.75 Å². The molecule has 1 aromatic carbocycles. The molecule has 3 aromatic rings. The van der Waals surface area contributed by atoms with Crippen molar-refractivity contribution in [3.63, 3.8) is 0 Å². The molecule has 1 aliphatic rings. The predicted molar refractivity (Wildman–Crippen MR) is 116 cm³/mol. The van der Waals surface area contributed by atoms with E-state index in [-0.39, 0.29) is 23.6 Å². The first-order valence-electron chi connectivity index (χ1n) is 9.56. The lowest BCUT2D eigenvalue weighted by molar-refractivity contribution is -0.136. The van der Waals surface area contributed by atoms with Crippen LogP contribution in [0, 0.1) is 6.92 Å². The molecule has 1 atom stereocenters. The maximum absolute atomic E-state index is 13.7. The molecule has 0 aliphatic carbocycles. The number of methoxy groups -OCH3 is 1. The zero-order valence-electron chi connectivity index (χ0n) is 17.0. The Balaban J connectivity index is 1.94. The van der Waals surface area contributed by atoms with E-state index in [0.717, 1.165) is 5.69 Å². The summed E-state index contributed by atoms with van der Waals surface area (Å²) in [6, 6.07) is 14.1. The minimum absolute atomic E-state index is 0.0719. The summed E-state index contributed by atoms with van der Waals surface area (Å²) in [5, 5.41) is 0.532. The van der Waals surface area contributed by atoms with Gasteiger partial charge >= 0.3 is 5.97 Å². The minimum Gasteiger partial charge on any atom is -0.465 e. The van der Waals surface area contributed by atoms with E-state index in [2.05, 4.69) is 4.98 Å². The number of aryl methyl sites for hydroxylation is 1. The molecule has 0 saturated heterocycles. The van der Waals surface area contributed by atoms with Crippen molar-refractivity contribution in [3.05, 3.63) is 104 Å². The first kappa shape index (κ1) is 20.7. The quantitative estimate of drug-likeness (QED) is 0.630. The fraction of sp³-hybridized carbons (Fsp3) is 0.174. The smallest absolute Gasteiger partial charge is 0.340 e. The summed E-state index contributed by atoms with van der Waals surface area (Å²) in [5.74, 6) is -1.22. The number of hydrogen-bond acceptors (Lipinski definition) is 6. The molecule has 0 bridgehead atoms. The number of ether oxygens (including phenoxy) is 2. The van der Waals surface area contributed by atoms with E-state index in [1.165, 1.54) is 7.11 Å². The number of nitrogens with two attached hydrogens (primary N) is 1. The van der Waals surface area contributed by atoms with Gasteiger partial charge in [0.2, 0.25) is 5.88 Å². The molecule has 2 aromatic heterocycles. The van der Waals surface area contributed by atoms with Crippen molar-refractivity contribution in [3.8, 4) is 5.75 Å². The Morgan fingerprint density at radius 1 is 1.26 bits per heavy atom. The molecular weight excluding hydrogens is 418 g/mol. The Morgan fingerprint density at radius 3 is 2.65 bits per heavy atom. The Kier molecular flexibility index (Phi) is 5.52. The standard InChI is InChI=1S/C23H20ClN3O4/c1-13-11-17-19(22(28)27(13)12-16-5-3-4-10-26-16)18(14-6-8-15(24)9-7-14)20(21(25)31-17)23(29)30-2/h3-11,18H,12,25H2,1-2H3/t18-/m1/s1. The molecule has 8 heteroatoms. The SMILES string of the molecule is COC(=O)C1=C(N)Oc2cc(C)n(Cc3ccccn3)c(=O)c2[C@H]1c1ccc(Cl)cc1. The lowest BCUT2D eigenvalue weighted by Gasteiger charge is -2.29. The monoisotopic (exact) mass is 437 g/mol. The van der Waals surface area contributed by atoms with Crippen LogP contribution in [-0.2, 0) is 16.1 Å². The van der Waals surface area contributed by atoms with Crippen LogP contribution in [0.3, 0.4) is 0 Å². The van der Waals surface area contributed by atoms with Gasteiger partial charge in [-0.25, -0.2) is 4.79 Å². The number of rotatable bonds is 4. The fourth-order valence-corrected chi connectivity index (χ4v) is 3.86. The van der Waals surface area contributed by atoms with Crippen LogP contribution >= 0.6 is 11.6 Å². The van der Waals surface area contributed by atoms with Crippen LogP contribution in [0.1, 0.15) is 28.4 Å². The van der Waals surface area contributed by atoms with Crippen molar-refractivity contribution in [1.29, 1.82) is 0 Å². The summed E-state index contributed by atoms with van der Waals surface area (Å²) in [7, 11) is 1.26. The number of carbonyl (C=O) groups is 1. The Morgan fingerprint density at radius 2 is 2.00 bits per heavy atom. The van der Waals surface area contributed by atoms with Crippen LogP contribution in [-0.4, -0.2) is 22.6 Å². The molecule has 2 N–H and O–H groups in total. The molecule has 0 saturated carbocycles. The van der Waals surface area contributed by atoms with Crippen molar-refractivity contribution in [2.45, 2.75) is 19.4 Å². The summed E-state index contributed by atoms with van der Waals surface area (Å²) in [6.45, 7) is 2.08. The highest BCUT2D eigenvalue weighted by molar-refractivity contribution is 6.30. The molecule has 31 heavy (non-hydrogen) atoms. The number of nitrogens with zero attached hydrogens (tertiary/aromatic N) is 2. The number of fused-ring (bicyclic) bond motifs is 1. The molecule has 7 nitrogen and oxygen atoms in total. The van der Waals surface area contributed by atoms with Crippen LogP contribution in [0.4, 0.5) is 0 Å². The molecular formula is C23H20ClN3O4. The normalized spacial score (nSPS) is 15.3. The molecule has 0 unspecified atom stereocenters. The van der Waals surface area contributed by atoms with Crippen LogP contribution in [0.15, 0.2) is 71.0 Å². The van der Waals surface area contributed by atoms with E-state index in [1.54, 1.807) is 48.0 Å². The average Bonchev–Trinajstić information content (AvgIpc) is 2.76. The van der Waals surface area contributed by atoms with E-state index < -0.39 is 11.9 Å². The highest BCUT2D eigenvalue weighted by atomic mass is 35.5. The summed E-state index contributed by atoms with van der Waals surface area (Å²) in [6.07, 6.45) is 1.67. The van der Waals surface area contributed by atoms with Crippen LogP contribution in [0.2, 0.25) is 5.02 Å². The maximum atomic E-state index is 13.7. The third-order valence-electron chi connectivity index (χ3n) is 5.22. The van der Waals surface area contributed by atoms with Gasteiger partial charge in [-0.3, -0.25) is 9.78 Å². The van der Waals surface area contributed by atoms with Gasteiger partial charge in [-0.1, -0.05) is 29.8 Å². The van der Waals surface area contributed by atoms with E-state index in [9.17, 15) is 9.59 Å². The van der Waals surface area contributed by atoms with Crippen molar-refractivity contribution in [2.75, 3.05) is 7.11 Å². The first-order chi connectivity index (χ1) is 14.9. The third kappa shape index (κ3) is 3.80. The van der Waals surface area contributed by atoms with Gasteiger partial charge in [0.1, 0.15) is 11.3 Å².